The fourth-order valence-electron chi connectivity index (χ4n) is 1.25. The average Bonchev–Trinajstić information content (AvgIpc) is 2.31. The Morgan fingerprint density at radius 3 is 2.39 bits per heavy atom. The van der Waals surface area contributed by atoms with Gasteiger partial charge in [0.25, 0.3) is 0 Å². The number of rotatable bonds is 4. The number of aliphatic hydroxyl groups excluding tert-OH is 1. The van der Waals surface area contributed by atoms with Crippen molar-refractivity contribution in [1.29, 1.82) is 0 Å². The van der Waals surface area contributed by atoms with Crippen LogP contribution in [-0.2, 0) is 10.0 Å². The standard InChI is InChI=1S/C11H15Cl2NO3S/c1-11(2,7-15)14(3)18(16,17)10-6-8(12)4-5-9(10)13/h4-6,15H,7H2,1-3H3. The summed E-state index contributed by atoms with van der Waals surface area (Å²) in [5, 5.41) is 9.62. The summed E-state index contributed by atoms with van der Waals surface area (Å²) in [5.41, 5.74) is -0.926. The molecule has 0 saturated carbocycles. The second-order valence-corrected chi connectivity index (χ2v) is 7.30. The third-order valence-electron chi connectivity index (χ3n) is 2.77. The molecule has 1 aromatic carbocycles. The maximum Gasteiger partial charge on any atom is 0.244 e. The number of hydrogen-bond donors (Lipinski definition) is 1. The third-order valence-corrected chi connectivity index (χ3v) is 5.56. The van der Waals surface area contributed by atoms with Crippen LogP contribution in [0.15, 0.2) is 23.1 Å². The summed E-state index contributed by atoms with van der Waals surface area (Å²) in [6.07, 6.45) is 0. The number of likely N-dealkylation sites (N-methyl/N-ethyl adjacent to an activating group) is 1. The van der Waals surface area contributed by atoms with E-state index in [-0.39, 0.29) is 21.5 Å². The highest BCUT2D eigenvalue weighted by Crippen LogP contribution is 2.30. The molecule has 0 aliphatic heterocycles. The van der Waals surface area contributed by atoms with E-state index >= 15 is 0 Å². The van der Waals surface area contributed by atoms with Crippen molar-refractivity contribution in [2.24, 2.45) is 0 Å². The van der Waals surface area contributed by atoms with Crippen LogP contribution in [0.25, 0.3) is 0 Å². The Balaban J connectivity index is 3.34. The predicted octanol–water partition coefficient (Wildman–Crippen LogP) is 2.38. The Kier molecular flexibility index (Phi) is 4.67. The molecule has 102 valence electrons. The molecule has 1 N–H and O–H groups in total. The largest absolute Gasteiger partial charge is 0.394 e. The summed E-state index contributed by atoms with van der Waals surface area (Å²) >= 11 is 11.7. The van der Waals surface area contributed by atoms with Crippen molar-refractivity contribution in [3.8, 4) is 0 Å². The number of nitrogens with zero attached hydrogens (tertiary/aromatic N) is 1. The molecule has 7 heteroatoms. The fourth-order valence-corrected chi connectivity index (χ4v) is 3.49. The van der Waals surface area contributed by atoms with Gasteiger partial charge in [-0.1, -0.05) is 23.2 Å². The third kappa shape index (κ3) is 2.97. The minimum absolute atomic E-state index is 0.0688. The quantitative estimate of drug-likeness (QED) is 0.929. The van der Waals surface area contributed by atoms with Gasteiger partial charge < -0.3 is 5.11 Å². The van der Waals surface area contributed by atoms with Gasteiger partial charge in [-0.25, -0.2) is 8.42 Å². The summed E-state index contributed by atoms with van der Waals surface area (Å²) < 4.78 is 25.8. The zero-order valence-electron chi connectivity index (χ0n) is 10.3. The van der Waals surface area contributed by atoms with E-state index in [1.807, 2.05) is 0 Å². The van der Waals surface area contributed by atoms with Crippen LogP contribution < -0.4 is 0 Å². The lowest BCUT2D eigenvalue weighted by atomic mass is 10.1. The smallest absolute Gasteiger partial charge is 0.244 e. The summed E-state index contributed by atoms with van der Waals surface area (Å²) in [4.78, 5) is -0.0688. The number of aliphatic hydroxyl groups is 1. The minimum Gasteiger partial charge on any atom is -0.394 e. The highest BCUT2D eigenvalue weighted by molar-refractivity contribution is 7.89. The number of hydrogen-bond acceptors (Lipinski definition) is 3. The van der Waals surface area contributed by atoms with Crippen molar-refractivity contribution < 1.29 is 13.5 Å². The van der Waals surface area contributed by atoms with Crippen LogP contribution in [-0.4, -0.2) is 37.0 Å². The Morgan fingerprint density at radius 2 is 1.89 bits per heavy atom. The van der Waals surface area contributed by atoms with E-state index in [2.05, 4.69) is 0 Å². The Morgan fingerprint density at radius 1 is 1.33 bits per heavy atom. The molecule has 0 aromatic heterocycles. The summed E-state index contributed by atoms with van der Waals surface area (Å²) in [6, 6.07) is 4.24. The first kappa shape index (κ1) is 15.7. The number of sulfonamides is 1. The van der Waals surface area contributed by atoms with Crippen molar-refractivity contribution in [1.82, 2.24) is 4.31 Å². The molecule has 0 saturated heterocycles. The molecule has 0 atom stereocenters. The van der Waals surface area contributed by atoms with Gasteiger partial charge in [-0.05, 0) is 32.0 Å². The Bertz CT molecular complexity index is 543. The van der Waals surface area contributed by atoms with Gasteiger partial charge in [-0.3, -0.25) is 0 Å². The Hall–Kier alpha value is -0.330. The van der Waals surface area contributed by atoms with E-state index in [1.165, 1.54) is 25.2 Å². The molecule has 18 heavy (non-hydrogen) atoms. The van der Waals surface area contributed by atoms with Gasteiger partial charge in [0.05, 0.1) is 17.2 Å². The summed E-state index contributed by atoms with van der Waals surface area (Å²) in [5.74, 6) is 0. The van der Waals surface area contributed by atoms with Crippen LogP contribution in [0.4, 0.5) is 0 Å². The average molecular weight is 312 g/mol. The van der Waals surface area contributed by atoms with Gasteiger partial charge in [0.2, 0.25) is 10.0 Å². The topological polar surface area (TPSA) is 57.6 Å². The lowest BCUT2D eigenvalue weighted by Gasteiger charge is -2.33. The van der Waals surface area contributed by atoms with E-state index in [0.29, 0.717) is 0 Å². The van der Waals surface area contributed by atoms with Crippen molar-refractivity contribution in [2.75, 3.05) is 13.7 Å². The molecular formula is C11H15Cl2NO3S. The van der Waals surface area contributed by atoms with Crippen LogP contribution in [0, 0.1) is 0 Å². The van der Waals surface area contributed by atoms with Gasteiger partial charge in [-0.15, -0.1) is 0 Å². The first-order valence-corrected chi connectivity index (χ1v) is 7.37. The van der Waals surface area contributed by atoms with Crippen molar-refractivity contribution in [3.05, 3.63) is 28.2 Å². The molecular weight excluding hydrogens is 297 g/mol. The summed E-state index contributed by atoms with van der Waals surface area (Å²) in [6.45, 7) is 2.92. The van der Waals surface area contributed by atoms with E-state index in [0.717, 1.165) is 4.31 Å². The van der Waals surface area contributed by atoms with Crippen molar-refractivity contribution in [3.63, 3.8) is 0 Å². The van der Waals surface area contributed by atoms with Crippen molar-refractivity contribution in [2.45, 2.75) is 24.3 Å². The highest BCUT2D eigenvalue weighted by Gasteiger charge is 2.34. The van der Waals surface area contributed by atoms with E-state index < -0.39 is 15.6 Å². The zero-order valence-corrected chi connectivity index (χ0v) is 12.6. The molecule has 4 nitrogen and oxygen atoms in total. The van der Waals surface area contributed by atoms with Crippen LogP contribution in [0.2, 0.25) is 10.0 Å². The van der Waals surface area contributed by atoms with Gasteiger partial charge in [0.15, 0.2) is 0 Å². The number of halogens is 2. The SMILES string of the molecule is CN(C(C)(C)CO)S(=O)(=O)c1cc(Cl)ccc1Cl. The zero-order chi connectivity index (χ0) is 14.1. The van der Waals surface area contributed by atoms with Crippen LogP contribution in [0.5, 0.6) is 0 Å². The van der Waals surface area contributed by atoms with E-state index in [9.17, 15) is 13.5 Å². The maximum absolute atomic E-state index is 12.4. The first-order chi connectivity index (χ1) is 8.13. The normalized spacial score (nSPS) is 13.1. The van der Waals surface area contributed by atoms with Gasteiger partial charge in [0, 0.05) is 12.1 Å². The van der Waals surface area contributed by atoms with Gasteiger partial charge >= 0.3 is 0 Å². The molecule has 0 fully saturated rings. The van der Waals surface area contributed by atoms with E-state index in [1.54, 1.807) is 13.8 Å². The minimum atomic E-state index is -3.80. The highest BCUT2D eigenvalue weighted by atomic mass is 35.5. The van der Waals surface area contributed by atoms with Crippen molar-refractivity contribution >= 4 is 33.2 Å². The Labute approximate surface area is 117 Å². The van der Waals surface area contributed by atoms with E-state index in [4.69, 9.17) is 23.2 Å². The predicted molar refractivity (Wildman–Crippen MR) is 72.6 cm³/mol. The molecule has 0 bridgehead atoms. The maximum atomic E-state index is 12.4. The molecule has 1 aromatic rings. The molecule has 0 unspecified atom stereocenters. The number of benzene rings is 1. The second-order valence-electron chi connectivity index (χ2n) is 4.52. The second kappa shape index (κ2) is 5.35. The summed E-state index contributed by atoms with van der Waals surface area (Å²) in [7, 11) is -2.41. The monoisotopic (exact) mass is 311 g/mol. The van der Waals surface area contributed by atoms with Gasteiger partial charge in [0.1, 0.15) is 4.90 Å². The van der Waals surface area contributed by atoms with Crippen LogP contribution >= 0.6 is 23.2 Å². The molecule has 0 aliphatic rings. The molecule has 0 amide bonds. The van der Waals surface area contributed by atoms with Crippen LogP contribution in [0.3, 0.4) is 0 Å². The van der Waals surface area contributed by atoms with Gasteiger partial charge in [-0.2, -0.15) is 4.31 Å². The fraction of sp³-hybridized carbons (Fsp3) is 0.455. The lowest BCUT2D eigenvalue weighted by Crippen LogP contribution is -2.47. The molecule has 0 aliphatic carbocycles. The molecule has 0 heterocycles. The molecule has 0 radical (unpaired) electrons. The lowest BCUT2D eigenvalue weighted by molar-refractivity contribution is 0.138. The first-order valence-electron chi connectivity index (χ1n) is 5.18. The molecule has 0 spiro atoms. The van der Waals surface area contributed by atoms with Crippen LogP contribution in [0.1, 0.15) is 13.8 Å². The molecule has 1 rings (SSSR count).